The highest BCUT2D eigenvalue weighted by Gasteiger charge is 1.96. The molecular weight excluding hydrogens is 162 g/mol. The Morgan fingerprint density at radius 1 is 0.923 bits per heavy atom. The summed E-state index contributed by atoms with van der Waals surface area (Å²) in [6.07, 6.45) is 6.91. The zero-order chi connectivity index (χ0) is 9.10. The van der Waals surface area contributed by atoms with Gasteiger partial charge in [-0.3, -0.25) is 9.97 Å². The topological polar surface area (TPSA) is 51.8 Å². The van der Waals surface area contributed by atoms with Crippen LogP contribution in [0.15, 0.2) is 43.0 Å². The van der Waals surface area contributed by atoms with Crippen molar-refractivity contribution in [1.29, 1.82) is 0 Å². The average molecular weight is 171 g/mol. The summed E-state index contributed by atoms with van der Waals surface area (Å²) in [6.45, 7) is 0. The third-order valence-electron chi connectivity index (χ3n) is 1.77. The van der Waals surface area contributed by atoms with Crippen LogP contribution in [0.5, 0.6) is 0 Å². The molecule has 0 bridgehead atoms. The molecule has 0 aliphatic rings. The maximum Gasteiger partial charge on any atom is 0.0506 e. The highest BCUT2D eigenvalue weighted by molar-refractivity contribution is 5.65. The molecule has 3 heteroatoms. The first-order valence-corrected chi connectivity index (χ1v) is 3.97. The number of nitrogen functional groups attached to an aromatic ring is 1. The fourth-order valence-electron chi connectivity index (χ4n) is 1.16. The van der Waals surface area contributed by atoms with Crippen LogP contribution >= 0.6 is 0 Å². The van der Waals surface area contributed by atoms with Gasteiger partial charge < -0.3 is 5.73 Å². The largest absolute Gasteiger partial charge is 0.397 e. The van der Waals surface area contributed by atoms with Crippen LogP contribution in [-0.2, 0) is 0 Å². The second-order valence-electron chi connectivity index (χ2n) is 2.74. The quantitative estimate of drug-likeness (QED) is 0.710. The Labute approximate surface area is 76.3 Å². The zero-order valence-corrected chi connectivity index (χ0v) is 7.01. The molecule has 0 spiro atoms. The van der Waals surface area contributed by atoms with Gasteiger partial charge in [-0.1, -0.05) is 0 Å². The van der Waals surface area contributed by atoms with Crippen molar-refractivity contribution in [1.82, 2.24) is 9.97 Å². The number of pyridine rings is 2. The van der Waals surface area contributed by atoms with Gasteiger partial charge >= 0.3 is 0 Å². The lowest BCUT2D eigenvalue weighted by Gasteiger charge is -2.00. The van der Waals surface area contributed by atoms with E-state index in [4.69, 9.17) is 5.73 Å². The van der Waals surface area contributed by atoms with Gasteiger partial charge in [-0.25, -0.2) is 0 Å². The van der Waals surface area contributed by atoms with Crippen LogP contribution in [0, 0.1) is 0 Å². The average Bonchev–Trinajstić information content (AvgIpc) is 2.19. The molecule has 2 rings (SSSR count). The molecule has 0 saturated heterocycles. The number of aromatic nitrogens is 2. The number of anilines is 1. The van der Waals surface area contributed by atoms with Crippen molar-refractivity contribution in [3.63, 3.8) is 0 Å². The Kier molecular flexibility index (Phi) is 1.92. The smallest absolute Gasteiger partial charge is 0.0506 e. The molecule has 64 valence electrons. The van der Waals surface area contributed by atoms with E-state index in [-0.39, 0.29) is 0 Å². The van der Waals surface area contributed by atoms with Crippen LogP contribution in [0.4, 0.5) is 5.69 Å². The van der Waals surface area contributed by atoms with Gasteiger partial charge in [-0.2, -0.15) is 0 Å². The Morgan fingerprint density at radius 2 is 1.69 bits per heavy atom. The van der Waals surface area contributed by atoms with E-state index in [1.165, 1.54) is 0 Å². The first-order chi connectivity index (χ1) is 6.36. The van der Waals surface area contributed by atoms with E-state index in [1.54, 1.807) is 24.8 Å². The van der Waals surface area contributed by atoms with Crippen molar-refractivity contribution in [3.8, 4) is 11.1 Å². The van der Waals surface area contributed by atoms with E-state index >= 15 is 0 Å². The van der Waals surface area contributed by atoms with Crippen LogP contribution in [0.1, 0.15) is 0 Å². The number of nitrogens with two attached hydrogens (primary N) is 1. The van der Waals surface area contributed by atoms with Crippen molar-refractivity contribution in [2.75, 3.05) is 5.73 Å². The minimum atomic E-state index is 0.675. The number of hydrogen-bond donors (Lipinski definition) is 1. The molecule has 0 aliphatic heterocycles. The summed E-state index contributed by atoms with van der Waals surface area (Å²) < 4.78 is 0. The van der Waals surface area contributed by atoms with Crippen molar-refractivity contribution in [2.24, 2.45) is 0 Å². The first-order valence-electron chi connectivity index (χ1n) is 3.97. The fourth-order valence-corrected chi connectivity index (χ4v) is 1.16. The molecule has 0 unspecified atom stereocenters. The van der Waals surface area contributed by atoms with E-state index in [0.29, 0.717) is 5.69 Å². The third-order valence-corrected chi connectivity index (χ3v) is 1.77. The molecule has 0 aromatic carbocycles. The van der Waals surface area contributed by atoms with E-state index in [9.17, 15) is 0 Å². The van der Waals surface area contributed by atoms with E-state index in [1.807, 2.05) is 18.2 Å². The van der Waals surface area contributed by atoms with Gasteiger partial charge in [0.1, 0.15) is 0 Å². The summed E-state index contributed by atoms with van der Waals surface area (Å²) in [6, 6.07) is 5.75. The van der Waals surface area contributed by atoms with Gasteiger partial charge in [-0.15, -0.1) is 0 Å². The Balaban J connectivity index is 2.48. The minimum absolute atomic E-state index is 0.675. The van der Waals surface area contributed by atoms with Gasteiger partial charge in [0.15, 0.2) is 0 Å². The molecule has 0 fully saturated rings. The summed E-state index contributed by atoms with van der Waals surface area (Å²) in [5.41, 5.74) is 8.39. The normalized spacial score (nSPS) is 9.85. The number of hydrogen-bond acceptors (Lipinski definition) is 3. The minimum Gasteiger partial charge on any atom is -0.397 e. The van der Waals surface area contributed by atoms with Gasteiger partial charge in [0, 0.05) is 30.4 Å². The number of rotatable bonds is 1. The summed E-state index contributed by atoms with van der Waals surface area (Å²) in [4.78, 5) is 7.96. The highest BCUT2D eigenvalue weighted by atomic mass is 14.7. The van der Waals surface area contributed by atoms with Crippen LogP contribution < -0.4 is 5.73 Å². The van der Waals surface area contributed by atoms with Gasteiger partial charge in [0.2, 0.25) is 0 Å². The molecular formula is C10H9N3. The van der Waals surface area contributed by atoms with Gasteiger partial charge in [0.25, 0.3) is 0 Å². The molecule has 13 heavy (non-hydrogen) atoms. The van der Waals surface area contributed by atoms with Crippen molar-refractivity contribution >= 4 is 5.69 Å². The van der Waals surface area contributed by atoms with Crippen LogP contribution in [0.25, 0.3) is 11.1 Å². The maximum atomic E-state index is 5.62. The lowest BCUT2D eigenvalue weighted by Crippen LogP contribution is -1.87. The molecule has 0 saturated carbocycles. The summed E-state index contributed by atoms with van der Waals surface area (Å²) in [5.74, 6) is 0. The molecule has 2 N–H and O–H groups in total. The molecule has 0 amide bonds. The maximum absolute atomic E-state index is 5.62. The molecule has 2 aromatic rings. The van der Waals surface area contributed by atoms with Crippen LogP contribution in [-0.4, -0.2) is 9.97 Å². The molecule has 3 nitrogen and oxygen atoms in total. The lowest BCUT2D eigenvalue weighted by atomic mass is 10.1. The standard InChI is InChI=1S/C10H9N3/c11-10-5-9(6-13-7-10)8-1-3-12-4-2-8/h1-7H,11H2. The predicted octanol–water partition coefficient (Wildman–Crippen LogP) is 1.73. The molecule has 0 aliphatic carbocycles. The monoisotopic (exact) mass is 171 g/mol. The number of nitrogens with zero attached hydrogens (tertiary/aromatic N) is 2. The van der Waals surface area contributed by atoms with Crippen molar-refractivity contribution in [2.45, 2.75) is 0 Å². The van der Waals surface area contributed by atoms with E-state index in [0.717, 1.165) is 11.1 Å². The van der Waals surface area contributed by atoms with Crippen LogP contribution in [0.3, 0.4) is 0 Å². The fraction of sp³-hybridized carbons (Fsp3) is 0. The van der Waals surface area contributed by atoms with E-state index < -0.39 is 0 Å². The summed E-state index contributed by atoms with van der Waals surface area (Å²) in [5, 5.41) is 0. The third kappa shape index (κ3) is 1.64. The molecule has 0 radical (unpaired) electrons. The second kappa shape index (κ2) is 3.23. The zero-order valence-electron chi connectivity index (χ0n) is 7.01. The van der Waals surface area contributed by atoms with Crippen molar-refractivity contribution < 1.29 is 0 Å². The SMILES string of the molecule is Nc1cncc(-c2ccncc2)c1. The summed E-state index contributed by atoms with van der Waals surface area (Å²) >= 11 is 0. The molecule has 2 aromatic heterocycles. The van der Waals surface area contributed by atoms with Crippen LogP contribution in [0.2, 0.25) is 0 Å². The molecule has 0 atom stereocenters. The lowest BCUT2D eigenvalue weighted by molar-refractivity contribution is 1.30. The Hall–Kier alpha value is -1.90. The summed E-state index contributed by atoms with van der Waals surface area (Å²) in [7, 11) is 0. The second-order valence-corrected chi connectivity index (χ2v) is 2.74. The first kappa shape index (κ1) is 7.73. The Morgan fingerprint density at radius 3 is 2.38 bits per heavy atom. The Bertz CT molecular complexity index is 398. The van der Waals surface area contributed by atoms with E-state index in [2.05, 4.69) is 9.97 Å². The highest BCUT2D eigenvalue weighted by Crippen LogP contribution is 2.18. The van der Waals surface area contributed by atoms with Gasteiger partial charge in [0.05, 0.1) is 5.69 Å². The van der Waals surface area contributed by atoms with Gasteiger partial charge in [-0.05, 0) is 23.8 Å². The predicted molar refractivity (Wildman–Crippen MR) is 51.9 cm³/mol. The molecule has 2 heterocycles. The van der Waals surface area contributed by atoms with Crippen molar-refractivity contribution in [3.05, 3.63) is 43.0 Å².